The molecule has 3 nitrogen and oxygen atoms in total. The first-order chi connectivity index (χ1) is 10.3. The van der Waals surface area contributed by atoms with E-state index < -0.39 is 0 Å². The summed E-state index contributed by atoms with van der Waals surface area (Å²) < 4.78 is 11.8. The molecule has 122 valence electrons. The third-order valence-corrected chi connectivity index (χ3v) is 6.21. The van der Waals surface area contributed by atoms with E-state index in [1.54, 1.807) is 0 Å². The van der Waals surface area contributed by atoms with E-state index in [4.69, 9.17) is 9.47 Å². The first-order valence-corrected chi connectivity index (χ1v) is 9.21. The van der Waals surface area contributed by atoms with Crippen LogP contribution in [0.3, 0.4) is 0 Å². The zero-order valence-electron chi connectivity index (χ0n) is 13.9. The molecule has 5 unspecified atom stereocenters. The standard InChI is InChI=1S/C18H33NO2/c1-3-14-5-6-15(11-14)17(19-4-2)16-7-9-21-18(12-16)8-10-20-13-18/h14-17,19H,3-13H2,1-2H3. The molecule has 0 bridgehead atoms. The van der Waals surface area contributed by atoms with Gasteiger partial charge in [-0.25, -0.2) is 0 Å². The monoisotopic (exact) mass is 295 g/mol. The molecule has 3 fully saturated rings. The molecule has 1 aliphatic carbocycles. The highest BCUT2D eigenvalue weighted by Crippen LogP contribution is 2.43. The van der Waals surface area contributed by atoms with Gasteiger partial charge in [0, 0.05) is 25.7 Å². The Balaban J connectivity index is 1.65. The third kappa shape index (κ3) is 3.46. The number of hydrogen-bond donors (Lipinski definition) is 1. The highest BCUT2D eigenvalue weighted by atomic mass is 16.6. The van der Waals surface area contributed by atoms with Gasteiger partial charge in [-0.1, -0.05) is 26.7 Å². The molecule has 3 heteroatoms. The van der Waals surface area contributed by atoms with Crippen LogP contribution in [0.15, 0.2) is 0 Å². The Morgan fingerprint density at radius 3 is 2.71 bits per heavy atom. The van der Waals surface area contributed by atoms with E-state index in [2.05, 4.69) is 19.2 Å². The summed E-state index contributed by atoms with van der Waals surface area (Å²) in [6.07, 6.45) is 9.21. The minimum absolute atomic E-state index is 0.0549. The lowest BCUT2D eigenvalue weighted by atomic mass is 9.76. The van der Waals surface area contributed by atoms with Crippen molar-refractivity contribution in [3.8, 4) is 0 Å². The molecule has 21 heavy (non-hydrogen) atoms. The van der Waals surface area contributed by atoms with Crippen LogP contribution in [0.1, 0.15) is 58.8 Å². The SMILES string of the molecule is CCNC(C1CCC(CC)C1)C1CCOC2(CCOC2)C1. The molecule has 1 spiro atoms. The summed E-state index contributed by atoms with van der Waals surface area (Å²) in [7, 11) is 0. The Hall–Kier alpha value is -0.120. The van der Waals surface area contributed by atoms with Crippen LogP contribution in [0, 0.1) is 17.8 Å². The number of ether oxygens (including phenoxy) is 2. The van der Waals surface area contributed by atoms with Gasteiger partial charge >= 0.3 is 0 Å². The number of rotatable bonds is 5. The number of hydrogen-bond acceptors (Lipinski definition) is 3. The van der Waals surface area contributed by atoms with Gasteiger partial charge in [-0.05, 0) is 50.0 Å². The van der Waals surface area contributed by atoms with Crippen LogP contribution in [0.5, 0.6) is 0 Å². The van der Waals surface area contributed by atoms with Crippen molar-refractivity contribution < 1.29 is 9.47 Å². The Morgan fingerprint density at radius 2 is 2.05 bits per heavy atom. The summed E-state index contributed by atoms with van der Waals surface area (Å²) in [6.45, 7) is 8.35. The van der Waals surface area contributed by atoms with Crippen LogP contribution >= 0.6 is 0 Å². The minimum atomic E-state index is 0.0549. The molecule has 1 saturated carbocycles. The van der Waals surface area contributed by atoms with Crippen molar-refractivity contribution in [2.24, 2.45) is 17.8 Å². The maximum absolute atomic E-state index is 6.14. The molecule has 0 aromatic heterocycles. The zero-order valence-corrected chi connectivity index (χ0v) is 13.9. The average Bonchev–Trinajstić information content (AvgIpc) is 3.14. The topological polar surface area (TPSA) is 30.5 Å². The van der Waals surface area contributed by atoms with Crippen LogP contribution in [0.2, 0.25) is 0 Å². The summed E-state index contributed by atoms with van der Waals surface area (Å²) in [5, 5.41) is 3.85. The van der Waals surface area contributed by atoms with Gasteiger partial charge in [-0.15, -0.1) is 0 Å². The van der Waals surface area contributed by atoms with Gasteiger partial charge in [0.25, 0.3) is 0 Å². The van der Waals surface area contributed by atoms with E-state index in [0.717, 1.165) is 50.5 Å². The third-order valence-electron chi connectivity index (χ3n) is 6.21. The average molecular weight is 295 g/mol. The molecule has 0 aromatic rings. The maximum Gasteiger partial charge on any atom is 0.0939 e. The molecule has 0 radical (unpaired) electrons. The van der Waals surface area contributed by atoms with E-state index in [1.165, 1.54) is 38.5 Å². The van der Waals surface area contributed by atoms with Gasteiger partial charge < -0.3 is 14.8 Å². The Morgan fingerprint density at radius 1 is 1.14 bits per heavy atom. The van der Waals surface area contributed by atoms with Gasteiger partial charge in [0.1, 0.15) is 0 Å². The van der Waals surface area contributed by atoms with Gasteiger partial charge in [0.05, 0.1) is 12.2 Å². The van der Waals surface area contributed by atoms with Crippen LogP contribution in [-0.2, 0) is 9.47 Å². The van der Waals surface area contributed by atoms with Crippen molar-refractivity contribution in [3.63, 3.8) is 0 Å². The van der Waals surface area contributed by atoms with Crippen molar-refractivity contribution in [1.29, 1.82) is 0 Å². The molecule has 0 aromatic carbocycles. The van der Waals surface area contributed by atoms with Gasteiger partial charge in [-0.2, -0.15) is 0 Å². The van der Waals surface area contributed by atoms with E-state index >= 15 is 0 Å². The second kappa shape index (κ2) is 6.97. The normalized spacial score (nSPS) is 41.7. The number of nitrogens with one attached hydrogen (secondary N) is 1. The largest absolute Gasteiger partial charge is 0.378 e. The molecule has 2 heterocycles. The van der Waals surface area contributed by atoms with Crippen molar-refractivity contribution in [1.82, 2.24) is 5.32 Å². The van der Waals surface area contributed by atoms with Crippen molar-refractivity contribution in [2.75, 3.05) is 26.4 Å². The quantitative estimate of drug-likeness (QED) is 0.843. The van der Waals surface area contributed by atoms with Crippen LogP contribution in [-0.4, -0.2) is 38.0 Å². The van der Waals surface area contributed by atoms with E-state index in [-0.39, 0.29) is 5.60 Å². The summed E-state index contributed by atoms with van der Waals surface area (Å²) in [5.74, 6) is 2.64. The summed E-state index contributed by atoms with van der Waals surface area (Å²) in [6, 6.07) is 0.702. The van der Waals surface area contributed by atoms with Crippen LogP contribution < -0.4 is 5.32 Å². The Kier molecular flexibility index (Phi) is 5.23. The van der Waals surface area contributed by atoms with E-state index in [9.17, 15) is 0 Å². The highest BCUT2D eigenvalue weighted by Gasteiger charge is 2.44. The first kappa shape index (κ1) is 15.8. The molecule has 1 N–H and O–H groups in total. The smallest absolute Gasteiger partial charge is 0.0939 e. The van der Waals surface area contributed by atoms with Crippen molar-refractivity contribution >= 4 is 0 Å². The zero-order chi connectivity index (χ0) is 14.7. The molecule has 0 amide bonds. The molecule has 2 saturated heterocycles. The predicted molar refractivity (Wildman–Crippen MR) is 85.4 cm³/mol. The lowest BCUT2D eigenvalue weighted by molar-refractivity contribution is -0.105. The Bertz CT molecular complexity index is 327. The van der Waals surface area contributed by atoms with Crippen molar-refractivity contribution in [2.45, 2.75) is 70.4 Å². The molecular formula is C18H33NO2. The minimum Gasteiger partial charge on any atom is -0.378 e. The lowest BCUT2D eigenvalue weighted by Crippen LogP contribution is -2.49. The summed E-state index contributed by atoms with van der Waals surface area (Å²) in [4.78, 5) is 0. The second-order valence-electron chi connectivity index (χ2n) is 7.52. The summed E-state index contributed by atoms with van der Waals surface area (Å²) >= 11 is 0. The van der Waals surface area contributed by atoms with Crippen LogP contribution in [0.4, 0.5) is 0 Å². The summed E-state index contributed by atoms with van der Waals surface area (Å²) in [5.41, 5.74) is 0.0549. The van der Waals surface area contributed by atoms with E-state index in [0.29, 0.717) is 6.04 Å². The highest BCUT2D eigenvalue weighted by molar-refractivity contribution is 4.96. The molecule has 2 aliphatic heterocycles. The van der Waals surface area contributed by atoms with Crippen LogP contribution in [0.25, 0.3) is 0 Å². The van der Waals surface area contributed by atoms with Gasteiger partial charge in [0.15, 0.2) is 0 Å². The lowest BCUT2D eigenvalue weighted by Gasteiger charge is -2.42. The molecule has 3 aliphatic rings. The van der Waals surface area contributed by atoms with E-state index in [1.807, 2.05) is 0 Å². The van der Waals surface area contributed by atoms with Gasteiger partial charge in [-0.3, -0.25) is 0 Å². The second-order valence-corrected chi connectivity index (χ2v) is 7.52. The van der Waals surface area contributed by atoms with Crippen molar-refractivity contribution in [3.05, 3.63) is 0 Å². The predicted octanol–water partition coefficient (Wildman–Crippen LogP) is 3.38. The molecule has 3 rings (SSSR count). The maximum atomic E-state index is 6.14. The first-order valence-electron chi connectivity index (χ1n) is 9.21. The fourth-order valence-electron chi connectivity index (χ4n) is 5.00. The molecular weight excluding hydrogens is 262 g/mol. The molecule has 5 atom stereocenters. The van der Waals surface area contributed by atoms with Gasteiger partial charge in [0.2, 0.25) is 0 Å². The fourth-order valence-corrected chi connectivity index (χ4v) is 5.00. The Labute approximate surface area is 130 Å². The fraction of sp³-hybridized carbons (Fsp3) is 1.00.